The first-order chi connectivity index (χ1) is 10.1. The number of hydrogen-bond acceptors (Lipinski definition) is 3. The van der Waals surface area contributed by atoms with Gasteiger partial charge in [-0.1, -0.05) is 26.3 Å². The molecular formula is C16H24N2O3. The standard InChI is InChI=1S/C16H24N2O3/c1-4-6-12(2)15(19)17-9-10-18-16(20)13-7-5-8-14(11-13)21-3/h5,7-8,11-12H,4,6,9-10H2,1-3H3,(H,17,19)(H,18,20)/t12-/m1/s1. The number of methoxy groups -OCH3 is 1. The van der Waals surface area contributed by atoms with Crippen LogP contribution < -0.4 is 15.4 Å². The summed E-state index contributed by atoms with van der Waals surface area (Å²) in [6.07, 6.45) is 1.86. The summed E-state index contributed by atoms with van der Waals surface area (Å²) in [4.78, 5) is 23.6. The highest BCUT2D eigenvalue weighted by molar-refractivity contribution is 5.94. The molecule has 1 aromatic rings. The van der Waals surface area contributed by atoms with Crippen LogP contribution in [-0.4, -0.2) is 32.0 Å². The van der Waals surface area contributed by atoms with Crippen LogP contribution >= 0.6 is 0 Å². The number of nitrogens with one attached hydrogen (secondary N) is 2. The Hall–Kier alpha value is -2.04. The number of hydrogen-bond donors (Lipinski definition) is 2. The Labute approximate surface area is 126 Å². The highest BCUT2D eigenvalue weighted by Crippen LogP contribution is 2.12. The van der Waals surface area contributed by atoms with Crippen LogP contribution in [0, 0.1) is 5.92 Å². The molecule has 21 heavy (non-hydrogen) atoms. The number of rotatable bonds is 8. The molecule has 0 aliphatic heterocycles. The lowest BCUT2D eigenvalue weighted by molar-refractivity contribution is -0.124. The molecule has 0 unspecified atom stereocenters. The maximum Gasteiger partial charge on any atom is 0.251 e. The topological polar surface area (TPSA) is 67.4 Å². The summed E-state index contributed by atoms with van der Waals surface area (Å²) in [6, 6.07) is 6.95. The molecule has 0 spiro atoms. The molecule has 0 saturated heterocycles. The molecule has 2 N–H and O–H groups in total. The van der Waals surface area contributed by atoms with Gasteiger partial charge in [0.15, 0.2) is 0 Å². The van der Waals surface area contributed by atoms with E-state index in [2.05, 4.69) is 17.6 Å². The third kappa shape index (κ3) is 5.85. The van der Waals surface area contributed by atoms with E-state index in [1.54, 1.807) is 31.4 Å². The molecule has 1 aromatic carbocycles. The lowest BCUT2D eigenvalue weighted by Gasteiger charge is -2.11. The van der Waals surface area contributed by atoms with Crippen molar-refractivity contribution in [2.75, 3.05) is 20.2 Å². The Morgan fingerprint density at radius 3 is 2.62 bits per heavy atom. The summed E-state index contributed by atoms with van der Waals surface area (Å²) in [5, 5.41) is 5.59. The normalized spacial score (nSPS) is 11.6. The second-order valence-corrected chi connectivity index (χ2v) is 4.97. The maximum atomic E-state index is 11.9. The Morgan fingerprint density at radius 1 is 1.24 bits per heavy atom. The van der Waals surface area contributed by atoms with Crippen molar-refractivity contribution in [3.8, 4) is 5.75 Å². The van der Waals surface area contributed by atoms with Crippen molar-refractivity contribution >= 4 is 11.8 Å². The fraction of sp³-hybridized carbons (Fsp3) is 0.500. The molecule has 1 atom stereocenters. The fourth-order valence-electron chi connectivity index (χ4n) is 1.97. The summed E-state index contributed by atoms with van der Waals surface area (Å²) in [5.74, 6) is 0.519. The third-order valence-corrected chi connectivity index (χ3v) is 3.21. The maximum absolute atomic E-state index is 11.9. The van der Waals surface area contributed by atoms with E-state index in [4.69, 9.17) is 4.74 Å². The van der Waals surface area contributed by atoms with E-state index in [1.807, 2.05) is 6.92 Å². The van der Waals surface area contributed by atoms with E-state index in [0.29, 0.717) is 24.4 Å². The predicted molar refractivity (Wildman–Crippen MR) is 82.4 cm³/mol. The zero-order valence-electron chi connectivity index (χ0n) is 12.9. The minimum atomic E-state index is -0.176. The van der Waals surface area contributed by atoms with Gasteiger partial charge in [-0.3, -0.25) is 9.59 Å². The van der Waals surface area contributed by atoms with Crippen molar-refractivity contribution in [2.45, 2.75) is 26.7 Å². The Morgan fingerprint density at radius 2 is 1.95 bits per heavy atom. The molecule has 5 heteroatoms. The van der Waals surface area contributed by atoms with Crippen LogP contribution in [0.1, 0.15) is 37.0 Å². The number of ether oxygens (including phenoxy) is 1. The van der Waals surface area contributed by atoms with Crippen LogP contribution in [0.15, 0.2) is 24.3 Å². The number of amides is 2. The van der Waals surface area contributed by atoms with Crippen LogP contribution in [0.25, 0.3) is 0 Å². The van der Waals surface area contributed by atoms with Gasteiger partial charge in [0.25, 0.3) is 5.91 Å². The summed E-state index contributed by atoms with van der Waals surface area (Å²) in [5.41, 5.74) is 0.542. The monoisotopic (exact) mass is 292 g/mol. The van der Waals surface area contributed by atoms with Crippen LogP contribution in [0.3, 0.4) is 0 Å². The molecule has 2 amide bonds. The van der Waals surface area contributed by atoms with Gasteiger partial charge < -0.3 is 15.4 Å². The average Bonchev–Trinajstić information content (AvgIpc) is 2.51. The van der Waals surface area contributed by atoms with Crippen molar-refractivity contribution < 1.29 is 14.3 Å². The summed E-state index contributed by atoms with van der Waals surface area (Å²) in [7, 11) is 1.56. The summed E-state index contributed by atoms with van der Waals surface area (Å²) in [6.45, 7) is 4.80. The van der Waals surface area contributed by atoms with Gasteiger partial charge in [0.05, 0.1) is 7.11 Å². The van der Waals surface area contributed by atoms with Crippen LogP contribution in [-0.2, 0) is 4.79 Å². The minimum absolute atomic E-state index is 0.0177. The predicted octanol–water partition coefficient (Wildman–Crippen LogP) is 1.98. The first-order valence-corrected chi connectivity index (χ1v) is 7.28. The molecule has 0 aromatic heterocycles. The van der Waals surface area contributed by atoms with E-state index in [-0.39, 0.29) is 17.7 Å². The van der Waals surface area contributed by atoms with E-state index in [1.165, 1.54) is 0 Å². The fourth-order valence-corrected chi connectivity index (χ4v) is 1.97. The van der Waals surface area contributed by atoms with Crippen LogP contribution in [0.5, 0.6) is 5.75 Å². The van der Waals surface area contributed by atoms with Gasteiger partial charge in [-0.05, 0) is 24.6 Å². The van der Waals surface area contributed by atoms with Gasteiger partial charge in [-0.15, -0.1) is 0 Å². The van der Waals surface area contributed by atoms with Gasteiger partial charge in [-0.2, -0.15) is 0 Å². The van der Waals surface area contributed by atoms with Crippen LogP contribution in [0.2, 0.25) is 0 Å². The zero-order valence-corrected chi connectivity index (χ0v) is 12.9. The summed E-state index contributed by atoms with van der Waals surface area (Å²) >= 11 is 0. The van der Waals surface area contributed by atoms with Crippen molar-refractivity contribution in [1.82, 2.24) is 10.6 Å². The van der Waals surface area contributed by atoms with Crippen molar-refractivity contribution in [1.29, 1.82) is 0 Å². The van der Waals surface area contributed by atoms with Crippen LogP contribution in [0.4, 0.5) is 0 Å². The average molecular weight is 292 g/mol. The molecule has 0 bridgehead atoms. The Kier molecular flexibility index (Phi) is 7.29. The molecule has 1 rings (SSSR count). The van der Waals surface area contributed by atoms with Crippen molar-refractivity contribution in [3.05, 3.63) is 29.8 Å². The highest BCUT2D eigenvalue weighted by atomic mass is 16.5. The van der Waals surface area contributed by atoms with E-state index >= 15 is 0 Å². The Bertz CT molecular complexity index is 474. The largest absolute Gasteiger partial charge is 0.497 e. The molecule has 0 aliphatic rings. The number of carbonyl (C=O) groups excluding carboxylic acids is 2. The van der Waals surface area contributed by atoms with Gasteiger partial charge in [-0.25, -0.2) is 0 Å². The van der Waals surface area contributed by atoms with Gasteiger partial charge in [0, 0.05) is 24.6 Å². The lowest BCUT2D eigenvalue weighted by Crippen LogP contribution is -2.36. The summed E-state index contributed by atoms with van der Waals surface area (Å²) < 4.78 is 5.07. The molecule has 5 nitrogen and oxygen atoms in total. The molecule has 0 fully saturated rings. The lowest BCUT2D eigenvalue weighted by atomic mass is 10.1. The van der Waals surface area contributed by atoms with E-state index in [0.717, 1.165) is 12.8 Å². The quantitative estimate of drug-likeness (QED) is 0.720. The SMILES string of the molecule is CCC[C@@H](C)C(=O)NCCNC(=O)c1cccc(OC)c1. The zero-order chi connectivity index (χ0) is 15.7. The molecule has 0 heterocycles. The van der Waals surface area contributed by atoms with E-state index in [9.17, 15) is 9.59 Å². The van der Waals surface area contributed by atoms with Crippen molar-refractivity contribution in [3.63, 3.8) is 0 Å². The molecular weight excluding hydrogens is 268 g/mol. The minimum Gasteiger partial charge on any atom is -0.497 e. The molecule has 0 aliphatic carbocycles. The number of benzene rings is 1. The smallest absolute Gasteiger partial charge is 0.251 e. The third-order valence-electron chi connectivity index (χ3n) is 3.21. The van der Waals surface area contributed by atoms with Gasteiger partial charge in [0.1, 0.15) is 5.75 Å². The Balaban J connectivity index is 2.32. The van der Waals surface area contributed by atoms with Gasteiger partial charge in [0.2, 0.25) is 5.91 Å². The first-order valence-electron chi connectivity index (χ1n) is 7.28. The first kappa shape index (κ1) is 17.0. The second kappa shape index (κ2) is 9.00. The molecule has 0 saturated carbocycles. The van der Waals surface area contributed by atoms with Gasteiger partial charge >= 0.3 is 0 Å². The molecule has 116 valence electrons. The number of carbonyl (C=O) groups is 2. The second-order valence-electron chi connectivity index (χ2n) is 4.97. The van der Waals surface area contributed by atoms with E-state index < -0.39 is 0 Å². The highest BCUT2D eigenvalue weighted by Gasteiger charge is 2.11. The van der Waals surface area contributed by atoms with Crippen molar-refractivity contribution in [2.24, 2.45) is 5.92 Å². The molecule has 0 radical (unpaired) electrons.